The summed E-state index contributed by atoms with van der Waals surface area (Å²) in [6.45, 7) is 8.58. The first-order valence-corrected chi connectivity index (χ1v) is 9.48. The van der Waals surface area contributed by atoms with E-state index >= 15 is 0 Å². The van der Waals surface area contributed by atoms with Gasteiger partial charge in [0.1, 0.15) is 6.10 Å². The van der Waals surface area contributed by atoms with Crippen LogP contribution < -0.4 is 0 Å². The van der Waals surface area contributed by atoms with Gasteiger partial charge in [-0.05, 0) is 45.2 Å². The van der Waals surface area contributed by atoms with Crippen molar-refractivity contribution in [3.05, 3.63) is 0 Å². The molecular weight excluding hydrogens is 210 g/mol. The SMILES string of the molecule is CC1(C(C#N)O[Si](C)(C)C)CCCS1. The first-order valence-electron chi connectivity index (χ1n) is 5.09. The van der Waals surface area contributed by atoms with Crippen LogP contribution in [-0.2, 0) is 4.43 Å². The average Bonchev–Trinajstić information content (AvgIpc) is 2.47. The van der Waals surface area contributed by atoms with Crippen LogP contribution in [0.3, 0.4) is 0 Å². The molecular formula is C10H19NOSSi. The van der Waals surface area contributed by atoms with Gasteiger partial charge in [0.25, 0.3) is 0 Å². The van der Waals surface area contributed by atoms with Gasteiger partial charge in [-0.3, -0.25) is 0 Å². The van der Waals surface area contributed by atoms with Gasteiger partial charge in [0.15, 0.2) is 8.32 Å². The van der Waals surface area contributed by atoms with Crippen molar-refractivity contribution in [3.8, 4) is 6.07 Å². The Balaban J connectivity index is 2.67. The number of nitrogens with zero attached hydrogens (tertiary/aromatic N) is 1. The van der Waals surface area contributed by atoms with E-state index in [-0.39, 0.29) is 10.9 Å². The first-order chi connectivity index (χ1) is 6.37. The monoisotopic (exact) mass is 229 g/mol. The molecule has 0 aromatic heterocycles. The number of nitriles is 1. The van der Waals surface area contributed by atoms with Gasteiger partial charge in [0.05, 0.1) is 10.8 Å². The summed E-state index contributed by atoms with van der Waals surface area (Å²) in [6, 6.07) is 2.33. The molecule has 1 heterocycles. The highest BCUT2D eigenvalue weighted by Gasteiger charge is 2.40. The fraction of sp³-hybridized carbons (Fsp3) is 0.900. The Morgan fingerprint density at radius 2 is 2.14 bits per heavy atom. The maximum Gasteiger partial charge on any atom is 0.185 e. The van der Waals surface area contributed by atoms with E-state index in [2.05, 4.69) is 32.6 Å². The third-order valence-electron chi connectivity index (χ3n) is 2.39. The molecule has 1 fully saturated rings. The van der Waals surface area contributed by atoms with Gasteiger partial charge < -0.3 is 4.43 Å². The second kappa shape index (κ2) is 4.26. The van der Waals surface area contributed by atoms with Gasteiger partial charge in [0.2, 0.25) is 0 Å². The van der Waals surface area contributed by atoms with Crippen LogP contribution >= 0.6 is 11.8 Å². The summed E-state index contributed by atoms with van der Waals surface area (Å²) in [5, 5.41) is 9.15. The van der Waals surface area contributed by atoms with E-state index in [1.807, 2.05) is 11.8 Å². The number of hydrogen-bond donors (Lipinski definition) is 0. The Morgan fingerprint density at radius 1 is 1.50 bits per heavy atom. The van der Waals surface area contributed by atoms with Gasteiger partial charge in [-0.15, -0.1) is 0 Å². The summed E-state index contributed by atoms with van der Waals surface area (Å²) in [6.07, 6.45) is 2.11. The zero-order valence-electron chi connectivity index (χ0n) is 9.46. The van der Waals surface area contributed by atoms with Crippen molar-refractivity contribution in [3.63, 3.8) is 0 Å². The molecule has 80 valence electrons. The largest absolute Gasteiger partial charge is 0.401 e. The van der Waals surface area contributed by atoms with Crippen molar-refractivity contribution in [2.24, 2.45) is 0 Å². The molecule has 0 aromatic rings. The topological polar surface area (TPSA) is 33.0 Å². The molecule has 4 heteroatoms. The van der Waals surface area contributed by atoms with Gasteiger partial charge in [-0.25, -0.2) is 0 Å². The van der Waals surface area contributed by atoms with E-state index in [0.29, 0.717) is 0 Å². The molecule has 0 bridgehead atoms. The van der Waals surface area contributed by atoms with Crippen molar-refractivity contribution >= 4 is 20.1 Å². The summed E-state index contributed by atoms with van der Waals surface area (Å²) in [4.78, 5) is 0. The minimum atomic E-state index is -1.59. The molecule has 2 atom stereocenters. The van der Waals surface area contributed by atoms with E-state index in [1.165, 1.54) is 12.2 Å². The minimum absolute atomic E-state index is 0.0367. The zero-order chi connectivity index (χ0) is 10.8. The van der Waals surface area contributed by atoms with Crippen LogP contribution in [0.5, 0.6) is 0 Å². The number of rotatable bonds is 3. The van der Waals surface area contributed by atoms with E-state index < -0.39 is 8.32 Å². The molecule has 14 heavy (non-hydrogen) atoms. The van der Waals surface area contributed by atoms with E-state index in [1.54, 1.807) is 0 Å². The van der Waals surface area contributed by atoms with Crippen molar-refractivity contribution in [2.75, 3.05) is 5.75 Å². The molecule has 0 aromatic carbocycles. The van der Waals surface area contributed by atoms with Crippen LogP contribution in [0, 0.1) is 11.3 Å². The molecule has 0 aliphatic carbocycles. The number of hydrogen-bond acceptors (Lipinski definition) is 3. The van der Waals surface area contributed by atoms with Gasteiger partial charge in [-0.2, -0.15) is 17.0 Å². The summed E-state index contributed by atoms with van der Waals surface area (Å²) < 4.78 is 5.97. The van der Waals surface area contributed by atoms with Crippen LogP contribution in [0.4, 0.5) is 0 Å². The third kappa shape index (κ3) is 3.01. The van der Waals surface area contributed by atoms with Gasteiger partial charge >= 0.3 is 0 Å². The van der Waals surface area contributed by atoms with E-state index in [0.717, 1.165) is 6.42 Å². The Bertz CT molecular complexity index is 237. The predicted octanol–water partition coefficient (Wildman–Crippen LogP) is 3.02. The lowest BCUT2D eigenvalue weighted by Crippen LogP contribution is -2.42. The fourth-order valence-electron chi connectivity index (χ4n) is 1.65. The van der Waals surface area contributed by atoms with Gasteiger partial charge in [0, 0.05) is 0 Å². The molecule has 1 aliphatic heterocycles. The normalized spacial score (nSPS) is 29.9. The molecule has 2 nitrogen and oxygen atoms in total. The Hall–Kier alpha value is 0.0169. The van der Waals surface area contributed by atoms with Gasteiger partial charge in [-0.1, -0.05) is 0 Å². The summed E-state index contributed by atoms with van der Waals surface area (Å²) in [5.41, 5.74) is 0. The zero-order valence-corrected chi connectivity index (χ0v) is 11.3. The lowest BCUT2D eigenvalue weighted by molar-refractivity contribution is 0.204. The highest BCUT2D eigenvalue weighted by Crippen LogP contribution is 2.42. The standard InChI is InChI=1S/C10H19NOSSi/c1-10(6-5-7-13-10)9(8-11)12-14(2,3)4/h9H,5-7H2,1-4H3. The maximum atomic E-state index is 9.15. The molecule has 0 saturated carbocycles. The Kier molecular flexibility index (Phi) is 3.67. The maximum absolute atomic E-state index is 9.15. The second-order valence-corrected chi connectivity index (χ2v) is 11.1. The highest BCUT2D eigenvalue weighted by molar-refractivity contribution is 8.00. The minimum Gasteiger partial charge on any atom is -0.401 e. The van der Waals surface area contributed by atoms with E-state index in [4.69, 9.17) is 9.69 Å². The molecule has 1 saturated heterocycles. The average molecular weight is 229 g/mol. The fourth-order valence-corrected chi connectivity index (χ4v) is 4.05. The molecule has 0 amide bonds. The lowest BCUT2D eigenvalue weighted by atomic mass is 10.00. The van der Waals surface area contributed by atoms with Crippen LogP contribution in [0.25, 0.3) is 0 Å². The van der Waals surface area contributed by atoms with Crippen LogP contribution in [0.2, 0.25) is 19.6 Å². The molecule has 1 aliphatic rings. The predicted molar refractivity (Wildman–Crippen MR) is 63.9 cm³/mol. The number of thioether (sulfide) groups is 1. The van der Waals surface area contributed by atoms with Crippen LogP contribution in [-0.4, -0.2) is 24.9 Å². The molecule has 0 spiro atoms. The lowest BCUT2D eigenvalue weighted by Gasteiger charge is -2.32. The molecule has 2 unspecified atom stereocenters. The summed E-state index contributed by atoms with van der Waals surface area (Å²) in [7, 11) is -1.59. The van der Waals surface area contributed by atoms with Crippen molar-refractivity contribution in [1.29, 1.82) is 5.26 Å². The van der Waals surface area contributed by atoms with Crippen molar-refractivity contribution in [1.82, 2.24) is 0 Å². The van der Waals surface area contributed by atoms with Crippen LogP contribution in [0.15, 0.2) is 0 Å². The second-order valence-electron chi connectivity index (χ2n) is 5.00. The van der Waals surface area contributed by atoms with Crippen LogP contribution in [0.1, 0.15) is 19.8 Å². The van der Waals surface area contributed by atoms with Crippen molar-refractivity contribution < 1.29 is 4.43 Å². The molecule has 1 rings (SSSR count). The molecule has 0 radical (unpaired) electrons. The first kappa shape index (κ1) is 12.1. The smallest absolute Gasteiger partial charge is 0.185 e. The third-order valence-corrected chi connectivity index (χ3v) is 4.91. The summed E-state index contributed by atoms with van der Waals surface area (Å²) >= 11 is 1.89. The Labute approximate surface area is 92.2 Å². The van der Waals surface area contributed by atoms with E-state index in [9.17, 15) is 0 Å². The summed E-state index contributed by atoms with van der Waals surface area (Å²) in [5.74, 6) is 1.17. The quantitative estimate of drug-likeness (QED) is 0.697. The van der Waals surface area contributed by atoms with Crippen molar-refractivity contribution in [2.45, 2.75) is 50.3 Å². The highest BCUT2D eigenvalue weighted by atomic mass is 32.2. The Morgan fingerprint density at radius 3 is 2.50 bits per heavy atom. The molecule has 0 N–H and O–H groups in total.